The fourth-order valence-electron chi connectivity index (χ4n) is 3.56. The van der Waals surface area contributed by atoms with Crippen molar-refractivity contribution >= 4 is 39.2 Å². The molecule has 1 aliphatic carbocycles. The zero-order chi connectivity index (χ0) is 19.6. The van der Waals surface area contributed by atoms with Gasteiger partial charge in [0.05, 0.1) is 10.6 Å². The zero-order valence-electron chi connectivity index (χ0n) is 16.6. The number of aromatic nitrogens is 2. The van der Waals surface area contributed by atoms with Crippen LogP contribution in [0.15, 0.2) is 9.95 Å². The van der Waals surface area contributed by atoms with Crippen molar-refractivity contribution in [2.75, 3.05) is 6.54 Å². The van der Waals surface area contributed by atoms with Gasteiger partial charge in [-0.05, 0) is 58.4 Å². The number of thiophene rings is 1. The summed E-state index contributed by atoms with van der Waals surface area (Å²) < 4.78 is 1.82. The molecule has 5 nitrogen and oxygen atoms in total. The van der Waals surface area contributed by atoms with E-state index in [2.05, 4.69) is 19.2 Å². The van der Waals surface area contributed by atoms with Crippen LogP contribution in [0.1, 0.15) is 69.9 Å². The Morgan fingerprint density at radius 1 is 1.26 bits per heavy atom. The highest BCUT2D eigenvalue weighted by Gasteiger charge is 2.25. The highest BCUT2D eigenvalue weighted by molar-refractivity contribution is 8.00. The van der Waals surface area contributed by atoms with Crippen molar-refractivity contribution < 1.29 is 4.79 Å². The van der Waals surface area contributed by atoms with Crippen molar-refractivity contribution in [1.82, 2.24) is 14.9 Å². The Bertz CT molecular complexity index is 887. The van der Waals surface area contributed by atoms with E-state index in [1.54, 1.807) is 11.3 Å². The van der Waals surface area contributed by atoms with Crippen LogP contribution in [0.4, 0.5) is 0 Å². The second-order valence-corrected chi connectivity index (χ2v) is 9.62. The number of amides is 1. The van der Waals surface area contributed by atoms with Gasteiger partial charge in [0, 0.05) is 17.5 Å². The number of hydrogen-bond acceptors (Lipinski definition) is 5. The molecule has 1 N–H and O–H groups in total. The topological polar surface area (TPSA) is 64.0 Å². The number of carbonyl (C=O) groups excluding carboxylic acids is 1. The summed E-state index contributed by atoms with van der Waals surface area (Å²) in [5.74, 6) is -0.0190. The lowest BCUT2D eigenvalue weighted by Gasteiger charge is -2.19. The van der Waals surface area contributed by atoms with E-state index in [1.165, 1.54) is 35.0 Å². The molecule has 27 heavy (non-hydrogen) atoms. The van der Waals surface area contributed by atoms with Gasteiger partial charge in [0.15, 0.2) is 5.16 Å². The minimum atomic E-state index is -0.289. The molecule has 1 amide bonds. The molecular formula is C20H29N3O2S2. The van der Waals surface area contributed by atoms with Gasteiger partial charge in [-0.15, -0.1) is 11.3 Å². The third kappa shape index (κ3) is 4.09. The molecule has 2 aromatic rings. The predicted molar refractivity (Wildman–Crippen MR) is 114 cm³/mol. The van der Waals surface area contributed by atoms with Crippen LogP contribution in [0.3, 0.4) is 0 Å². The van der Waals surface area contributed by atoms with Crippen LogP contribution >= 0.6 is 23.1 Å². The van der Waals surface area contributed by atoms with E-state index in [0.29, 0.717) is 11.7 Å². The lowest BCUT2D eigenvalue weighted by molar-refractivity contribution is -0.120. The largest absolute Gasteiger partial charge is 0.355 e. The number of hydrogen-bond donors (Lipinski definition) is 1. The van der Waals surface area contributed by atoms with Gasteiger partial charge in [-0.3, -0.25) is 14.2 Å². The quantitative estimate of drug-likeness (QED) is 0.440. The lowest BCUT2D eigenvalue weighted by Crippen LogP contribution is -2.32. The van der Waals surface area contributed by atoms with E-state index >= 15 is 0 Å². The second kappa shape index (κ2) is 8.78. The van der Waals surface area contributed by atoms with Gasteiger partial charge < -0.3 is 5.32 Å². The molecule has 0 aromatic carbocycles. The molecule has 2 heterocycles. The highest BCUT2D eigenvalue weighted by Crippen LogP contribution is 2.35. The fraction of sp³-hybridized carbons (Fsp3) is 0.650. The van der Waals surface area contributed by atoms with Crippen LogP contribution in [-0.2, 0) is 17.6 Å². The Kier molecular flexibility index (Phi) is 6.63. The summed E-state index contributed by atoms with van der Waals surface area (Å²) in [6.45, 7) is 8.52. The smallest absolute Gasteiger partial charge is 0.263 e. The predicted octanol–water partition coefficient (Wildman–Crippen LogP) is 4.31. The van der Waals surface area contributed by atoms with Gasteiger partial charge in [-0.1, -0.05) is 25.1 Å². The van der Waals surface area contributed by atoms with E-state index in [1.807, 2.05) is 18.4 Å². The Morgan fingerprint density at radius 2 is 2.00 bits per heavy atom. The van der Waals surface area contributed by atoms with Crippen LogP contribution in [0.25, 0.3) is 10.2 Å². The molecule has 7 heteroatoms. The van der Waals surface area contributed by atoms with E-state index in [0.717, 1.165) is 35.9 Å². The molecular weight excluding hydrogens is 378 g/mol. The molecule has 0 fully saturated rings. The summed E-state index contributed by atoms with van der Waals surface area (Å²) in [5.41, 5.74) is 1.30. The number of rotatable bonds is 6. The monoisotopic (exact) mass is 407 g/mol. The molecule has 0 radical (unpaired) electrons. The van der Waals surface area contributed by atoms with Crippen molar-refractivity contribution in [2.24, 2.45) is 0 Å². The molecule has 0 bridgehead atoms. The summed E-state index contributed by atoms with van der Waals surface area (Å²) in [4.78, 5) is 32.8. The summed E-state index contributed by atoms with van der Waals surface area (Å²) in [7, 11) is 0. The zero-order valence-corrected chi connectivity index (χ0v) is 18.3. The standard InChI is InChI=1S/C20H29N3O2S2/c1-5-12(3)23-19(25)16-14-10-8-7-9-11-15(14)27-18(16)22-20(23)26-13(4)17(24)21-6-2/h12-13H,5-11H2,1-4H3,(H,21,24)/t12-,13+/m1/s1. The molecule has 2 atom stereocenters. The Morgan fingerprint density at radius 3 is 2.70 bits per heavy atom. The Hall–Kier alpha value is -1.34. The molecule has 2 aromatic heterocycles. The summed E-state index contributed by atoms with van der Waals surface area (Å²) in [6, 6.07) is 0.0552. The van der Waals surface area contributed by atoms with Crippen LogP contribution < -0.4 is 10.9 Å². The van der Waals surface area contributed by atoms with E-state index < -0.39 is 0 Å². The van der Waals surface area contributed by atoms with Gasteiger partial charge in [-0.2, -0.15) is 0 Å². The van der Waals surface area contributed by atoms with Gasteiger partial charge >= 0.3 is 0 Å². The third-order valence-electron chi connectivity index (χ3n) is 5.27. The van der Waals surface area contributed by atoms with Crippen molar-refractivity contribution in [3.63, 3.8) is 0 Å². The molecule has 0 aliphatic heterocycles. The van der Waals surface area contributed by atoms with Crippen molar-refractivity contribution in [1.29, 1.82) is 0 Å². The van der Waals surface area contributed by atoms with Crippen molar-refractivity contribution in [3.8, 4) is 0 Å². The molecule has 0 unspecified atom stereocenters. The van der Waals surface area contributed by atoms with E-state index in [4.69, 9.17) is 4.98 Å². The number of carbonyl (C=O) groups is 1. The number of fused-ring (bicyclic) bond motifs is 3. The molecule has 148 valence electrons. The number of thioether (sulfide) groups is 1. The van der Waals surface area contributed by atoms with Gasteiger partial charge in [0.25, 0.3) is 5.56 Å². The second-order valence-electron chi connectivity index (χ2n) is 7.23. The first-order valence-corrected chi connectivity index (χ1v) is 11.7. The van der Waals surface area contributed by atoms with Gasteiger partial charge in [-0.25, -0.2) is 4.98 Å². The molecule has 0 spiro atoms. The van der Waals surface area contributed by atoms with E-state index in [-0.39, 0.29) is 22.8 Å². The Labute approximate surface area is 169 Å². The maximum atomic E-state index is 13.5. The van der Waals surface area contributed by atoms with Gasteiger partial charge in [0.1, 0.15) is 4.83 Å². The normalized spacial score (nSPS) is 16.6. The first-order valence-electron chi connectivity index (χ1n) is 9.99. The number of nitrogens with one attached hydrogen (secondary N) is 1. The summed E-state index contributed by atoms with van der Waals surface area (Å²) in [6.07, 6.45) is 6.45. The van der Waals surface area contributed by atoms with Gasteiger partial charge in [0.2, 0.25) is 5.91 Å². The molecule has 0 saturated heterocycles. The van der Waals surface area contributed by atoms with Crippen molar-refractivity contribution in [2.45, 2.75) is 82.7 Å². The first kappa shape index (κ1) is 20.4. The van der Waals surface area contributed by atoms with Crippen molar-refractivity contribution in [3.05, 3.63) is 20.8 Å². The van der Waals surface area contributed by atoms with E-state index in [9.17, 15) is 9.59 Å². The number of aryl methyl sites for hydroxylation is 2. The van der Waals surface area contributed by atoms with Crippen LogP contribution in [-0.4, -0.2) is 27.3 Å². The van der Waals surface area contributed by atoms with Crippen LogP contribution in [0.2, 0.25) is 0 Å². The highest BCUT2D eigenvalue weighted by atomic mass is 32.2. The average Bonchev–Trinajstić information content (AvgIpc) is 2.83. The summed E-state index contributed by atoms with van der Waals surface area (Å²) >= 11 is 3.06. The molecule has 1 aliphatic rings. The summed E-state index contributed by atoms with van der Waals surface area (Å²) in [5, 5.41) is 4.05. The average molecular weight is 408 g/mol. The minimum Gasteiger partial charge on any atom is -0.355 e. The lowest BCUT2D eigenvalue weighted by atomic mass is 10.1. The minimum absolute atomic E-state index is 0.0190. The van der Waals surface area contributed by atoms with Crippen LogP contribution in [0, 0.1) is 0 Å². The fourth-order valence-corrected chi connectivity index (χ4v) is 5.90. The first-order chi connectivity index (χ1) is 13.0. The maximum Gasteiger partial charge on any atom is 0.263 e. The number of nitrogens with zero attached hydrogens (tertiary/aromatic N) is 2. The molecule has 0 saturated carbocycles. The Balaban J connectivity index is 2.12. The molecule has 3 rings (SSSR count). The SMILES string of the molecule is CCNC(=O)[C@H](C)Sc1nc2sc3c(c2c(=O)n1[C@H](C)CC)CCCCC3. The van der Waals surface area contributed by atoms with Crippen LogP contribution in [0.5, 0.6) is 0 Å². The third-order valence-corrected chi connectivity index (χ3v) is 7.52. The maximum absolute atomic E-state index is 13.5.